The third-order valence-electron chi connectivity index (χ3n) is 4.97. The molecule has 0 aliphatic heterocycles. The van der Waals surface area contributed by atoms with Gasteiger partial charge in [0.25, 0.3) is 0 Å². The fourth-order valence-electron chi connectivity index (χ4n) is 3.39. The van der Waals surface area contributed by atoms with Crippen LogP contribution in [0.25, 0.3) is 10.9 Å². The smallest absolute Gasteiger partial charge is 0.174 e. The van der Waals surface area contributed by atoms with Gasteiger partial charge < -0.3 is 25.3 Å². The molecule has 0 saturated carbocycles. The maximum atomic E-state index is 14.4. The molecule has 8 heteroatoms. The SMILES string of the molecule is COc1ccc2ncnc(Nc3ccc(N)cc3F)c2c1OC(C)COCc1ccccc1. The largest absolute Gasteiger partial charge is 0.493 e. The summed E-state index contributed by atoms with van der Waals surface area (Å²) in [5, 5.41) is 3.60. The van der Waals surface area contributed by atoms with E-state index in [2.05, 4.69) is 15.3 Å². The van der Waals surface area contributed by atoms with Crippen LogP contribution in [0.5, 0.6) is 11.5 Å². The van der Waals surface area contributed by atoms with Gasteiger partial charge in [-0.2, -0.15) is 0 Å². The van der Waals surface area contributed by atoms with Gasteiger partial charge in [0.1, 0.15) is 24.1 Å². The zero-order chi connectivity index (χ0) is 23.2. The van der Waals surface area contributed by atoms with E-state index in [0.717, 1.165) is 5.56 Å². The Kier molecular flexibility index (Phi) is 6.85. The van der Waals surface area contributed by atoms with Crippen LogP contribution >= 0.6 is 0 Å². The van der Waals surface area contributed by atoms with Crippen LogP contribution in [-0.2, 0) is 11.3 Å². The van der Waals surface area contributed by atoms with Crippen LogP contribution in [0, 0.1) is 5.82 Å². The molecule has 0 aliphatic rings. The maximum absolute atomic E-state index is 14.4. The van der Waals surface area contributed by atoms with Crippen molar-refractivity contribution in [2.24, 2.45) is 0 Å². The summed E-state index contributed by atoms with van der Waals surface area (Å²) in [7, 11) is 1.56. The minimum absolute atomic E-state index is 0.234. The standard InChI is InChI=1S/C25H25FN4O3/c1-16(13-32-14-17-6-4-3-5-7-17)33-24-22(31-2)11-10-21-23(24)25(29-15-28-21)30-20-9-8-18(27)12-19(20)26/h3-12,15-16H,13-14,27H2,1-2H3,(H,28,29,30). The van der Waals surface area contributed by atoms with Crippen LogP contribution in [0.4, 0.5) is 21.6 Å². The molecule has 0 aliphatic carbocycles. The third-order valence-corrected chi connectivity index (χ3v) is 4.97. The van der Waals surface area contributed by atoms with Gasteiger partial charge in [-0.15, -0.1) is 0 Å². The molecule has 1 aromatic heterocycles. The Morgan fingerprint density at radius 2 is 1.88 bits per heavy atom. The minimum Gasteiger partial charge on any atom is -0.493 e. The number of hydrogen-bond acceptors (Lipinski definition) is 7. The number of nitrogens with two attached hydrogens (primary N) is 1. The summed E-state index contributed by atoms with van der Waals surface area (Å²) in [5.74, 6) is 0.850. The Labute approximate surface area is 191 Å². The van der Waals surface area contributed by atoms with Gasteiger partial charge in [0.15, 0.2) is 11.5 Å². The van der Waals surface area contributed by atoms with Crippen LogP contribution in [0.2, 0.25) is 0 Å². The number of fused-ring (bicyclic) bond motifs is 1. The number of aromatic nitrogens is 2. The Morgan fingerprint density at radius 1 is 1.06 bits per heavy atom. The Hall–Kier alpha value is -3.91. The number of methoxy groups -OCH3 is 1. The zero-order valence-corrected chi connectivity index (χ0v) is 18.4. The van der Waals surface area contributed by atoms with Gasteiger partial charge in [-0.3, -0.25) is 0 Å². The number of nitrogen functional groups attached to an aromatic ring is 1. The van der Waals surface area contributed by atoms with E-state index in [9.17, 15) is 4.39 Å². The monoisotopic (exact) mass is 448 g/mol. The van der Waals surface area contributed by atoms with Crippen molar-refractivity contribution in [3.05, 3.63) is 78.4 Å². The summed E-state index contributed by atoms with van der Waals surface area (Å²) in [4.78, 5) is 8.66. The van der Waals surface area contributed by atoms with E-state index in [-0.39, 0.29) is 11.8 Å². The van der Waals surface area contributed by atoms with Crippen LogP contribution in [0.15, 0.2) is 67.0 Å². The summed E-state index contributed by atoms with van der Waals surface area (Å²) in [5.41, 5.74) is 7.93. The molecule has 0 amide bonds. The first-order valence-corrected chi connectivity index (χ1v) is 10.5. The molecule has 33 heavy (non-hydrogen) atoms. The molecular formula is C25H25FN4O3. The molecule has 4 rings (SSSR count). The molecule has 3 aromatic carbocycles. The van der Waals surface area contributed by atoms with Crippen molar-refractivity contribution in [1.82, 2.24) is 9.97 Å². The van der Waals surface area contributed by atoms with E-state index in [4.69, 9.17) is 19.9 Å². The van der Waals surface area contributed by atoms with Crippen LogP contribution in [0.1, 0.15) is 12.5 Å². The first kappa shape index (κ1) is 22.3. The highest BCUT2D eigenvalue weighted by molar-refractivity contribution is 5.97. The van der Waals surface area contributed by atoms with Gasteiger partial charge in [-0.25, -0.2) is 14.4 Å². The molecule has 0 saturated heterocycles. The minimum atomic E-state index is -0.491. The topological polar surface area (TPSA) is 91.5 Å². The van der Waals surface area contributed by atoms with Crippen molar-refractivity contribution < 1.29 is 18.6 Å². The summed E-state index contributed by atoms with van der Waals surface area (Å²) in [6, 6.07) is 17.9. The van der Waals surface area contributed by atoms with E-state index in [1.807, 2.05) is 37.3 Å². The predicted molar refractivity (Wildman–Crippen MR) is 126 cm³/mol. The first-order valence-electron chi connectivity index (χ1n) is 10.5. The lowest BCUT2D eigenvalue weighted by Gasteiger charge is -2.20. The van der Waals surface area contributed by atoms with Crippen molar-refractivity contribution in [3.63, 3.8) is 0 Å². The van der Waals surface area contributed by atoms with Crippen molar-refractivity contribution >= 4 is 28.1 Å². The average molecular weight is 448 g/mol. The Morgan fingerprint density at radius 3 is 2.64 bits per heavy atom. The van der Waals surface area contributed by atoms with Crippen molar-refractivity contribution in [3.8, 4) is 11.5 Å². The van der Waals surface area contributed by atoms with E-state index in [1.54, 1.807) is 31.4 Å². The fraction of sp³-hybridized carbons (Fsp3) is 0.200. The molecule has 4 aromatic rings. The summed E-state index contributed by atoms with van der Waals surface area (Å²) in [6.07, 6.45) is 1.11. The van der Waals surface area contributed by atoms with Gasteiger partial charge in [-0.1, -0.05) is 30.3 Å². The molecule has 0 fully saturated rings. The Balaban J connectivity index is 1.60. The van der Waals surface area contributed by atoms with E-state index >= 15 is 0 Å². The van der Waals surface area contributed by atoms with E-state index in [1.165, 1.54) is 12.4 Å². The molecule has 3 N–H and O–H groups in total. The van der Waals surface area contributed by atoms with Crippen molar-refractivity contribution in [2.45, 2.75) is 19.6 Å². The quantitative estimate of drug-likeness (QED) is 0.345. The molecule has 0 radical (unpaired) electrons. The Bertz CT molecular complexity index is 1240. The van der Waals surface area contributed by atoms with Crippen LogP contribution in [-0.4, -0.2) is 29.8 Å². The molecule has 0 spiro atoms. The zero-order valence-electron chi connectivity index (χ0n) is 18.4. The third kappa shape index (κ3) is 5.30. The summed E-state index contributed by atoms with van der Waals surface area (Å²) < 4.78 is 32.0. The molecule has 1 unspecified atom stereocenters. The van der Waals surface area contributed by atoms with E-state index < -0.39 is 5.82 Å². The second-order valence-electron chi connectivity index (χ2n) is 7.51. The highest BCUT2D eigenvalue weighted by Crippen LogP contribution is 2.40. The van der Waals surface area contributed by atoms with Gasteiger partial charge in [0.05, 0.1) is 36.9 Å². The lowest BCUT2D eigenvalue weighted by atomic mass is 10.2. The second-order valence-corrected chi connectivity index (χ2v) is 7.51. The lowest BCUT2D eigenvalue weighted by Crippen LogP contribution is -2.20. The normalized spacial score (nSPS) is 11.8. The molecule has 0 bridgehead atoms. The second kappa shape index (κ2) is 10.1. The lowest BCUT2D eigenvalue weighted by molar-refractivity contribution is 0.0488. The molecular weight excluding hydrogens is 423 g/mol. The van der Waals surface area contributed by atoms with Crippen molar-refractivity contribution in [2.75, 3.05) is 24.8 Å². The summed E-state index contributed by atoms with van der Waals surface area (Å²) >= 11 is 0. The number of halogens is 1. The molecule has 1 heterocycles. The van der Waals surface area contributed by atoms with Gasteiger partial charge in [0.2, 0.25) is 0 Å². The number of ether oxygens (including phenoxy) is 3. The van der Waals surface area contributed by atoms with Gasteiger partial charge in [0, 0.05) is 5.69 Å². The highest BCUT2D eigenvalue weighted by Gasteiger charge is 2.19. The number of hydrogen-bond donors (Lipinski definition) is 2. The maximum Gasteiger partial charge on any atom is 0.174 e. The number of nitrogens with one attached hydrogen (secondary N) is 1. The number of anilines is 3. The number of rotatable bonds is 9. The number of benzene rings is 3. The molecule has 170 valence electrons. The van der Waals surface area contributed by atoms with Gasteiger partial charge in [-0.05, 0) is 42.8 Å². The van der Waals surface area contributed by atoms with E-state index in [0.29, 0.717) is 47.1 Å². The summed E-state index contributed by atoms with van der Waals surface area (Å²) in [6.45, 7) is 2.74. The molecule has 1 atom stereocenters. The fourth-order valence-corrected chi connectivity index (χ4v) is 3.39. The van der Waals surface area contributed by atoms with Crippen LogP contribution < -0.4 is 20.5 Å². The predicted octanol–water partition coefficient (Wildman–Crippen LogP) is 5.09. The van der Waals surface area contributed by atoms with Crippen molar-refractivity contribution in [1.29, 1.82) is 0 Å². The highest BCUT2D eigenvalue weighted by atomic mass is 19.1. The first-order chi connectivity index (χ1) is 16.0. The van der Waals surface area contributed by atoms with Crippen LogP contribution in [0.3, 0.4) is 0 Å². The average Bonchev–Trinajstić information content (AvgIpc) is 2.82. The van der Waals surface area contributed by atoms with Gasteiger partial charge >= 0.3 is 0 Å². The molecule has 7 nitrogen and oxygen atoms in total. The number of nitrogens with zero attached hydrogens (tertiary/aromatic N) is 2.